The Morgan fingerprint density at radius 1 is 1.18 bits per heavy atom. The molecule has 2 atom stereocenters. The van der Waals surface area contributed by atoms with E-state index < -0.39 is 11.5 Å². The molecule has 0 amide bonds. The Hall–Kier alpha value is -2.24. The number of thioether (sulfide) groups is 1. The number of halogens is 1. The van der Waals surface area contributed by atoms with Crippen molar-refractivity contribution in [1.29, 1.82) is 0 Å². The van der Waals surface area contributed by atoms with Crippen molar-refractivity contribution in [3.63, 3.8) is 0 Å². The Balaban J connectivity index is 1.92. The minimum absolute atomic E-state index is 0.0603. The van der Waals surface area contributed by atoms with Crippen molar-refractivity contribution in [3.8, 4) is 0 Å². The molecular weight excluding hydrogens is 392 g/mol. The van der Waals surface area contributed by atoms with E-state index in [-0.39, 0.29) is 12.0 Å². The van der Waals surface area contributed by atoms with Crippen molar-refractivity contribution in [2.75, 3.05) is 0 Å². The van der Waals surface area contributed by atoms with Crippen molar-refractivity contribution in [1.82, 2.24) is 4.90 Å². The molecular formula is C22H21ClN2O2S. The Kier molecular flexibility index (Phi) is 4.76. The molecule has 2 heterocycles. The van der Waals surface area contributed by atoms with Gasteiger partial charge in [0, 0.05) is 10.7 Å². The second-order valence-corrected chi connectivity index (χ2v) is 8.92. The molecule has 0 saturated heterocycles. The monoisotopic (exact) mass is 412 g/mol. The lowest BCUT2D eigenvalue weighted by Gasteiger charge is -2.37. The van der Waals surface area contributed by atoms with E-state index in [0.29, 0.717) is 9.93 Å². The summed E-state index contributed by atoms with van der Waals surface area (Å²) in [7, 11) is 0. The molecule has 2 aliphatic rings. The lowest BCUT2D eigenvalue weighted by molar-refractivity contribution is -0.131. The standard InChI is InChI=1S/C22H21ClN2O2S/c1-13(2)17-18(20(26)27)28-21-24-22(3,15-9-11-16(23)12-10-15)19(25(17)21)14-7-5-4-6-8-14/h4-13,19H,1-3H3,(H,26,27)/t19-,22+/m1/s1. The molecule has 0 fully saturated rings. The molecule has 2 aliphatic heterocycles. The zero-order chi connectivity index (χ0) is 20.1. The number of rotatable bonds is 4. The van der Waals surface area contributed by atoms with Crippen LogP contribution in [0.5, 0.6) is 0 Å². The van der Waals surface area contributed by atoms with Crippen LogP contribution in [0.25, 0.3) is 0 Å². The normalized spacial score (nSPS) is 24.0. The zero-order valence-electron chi connectivity index (χ0n) is 15.9. The summed E-state index contributed by atoms with van der Waals surface area (Å²) in [5.74, 6) is -0.837. The average Bonchev–Trinajstić information content (AvgIpc) is 3.15. The SMILES string of the molecule is CC(C)C1=C(C(=O)O)SC2=N[C@@](C)(c3ccc(Cl)cc3)[C@@H](c3ccccc3)N21. The highest BCUT2D eigenvalue weighted by atomic mass is 35.5. The third-order valence-corrected chi connectivity index (χ3v) is 6.61. The quantitative estimate of drug-likeness (QED) is 0.703. The largest absolute Gasteiger partial charge is 0.477 e. The van der Waals surface area contributed by atoms with Crippen molar-refractivity contribution < 1.29 is 9.90 Å². The molecule has 0 spiro atoms. The predicted molar refractivity (Wildman–Crippen MR) is 114 cm³/mol. The van der Waals surface area contributed by atoms with Crippen molar-refractivity contribution in [2.24, 2.45) is 10.9 Å². The van der Waals surface area contributed by atoms with Crippen LogP contribution in [0.15, 0.2) is 70.2 Å². The molecule has 2 aromatic carbocycles. The summed E-state index contributed by atoms with van der Waals surface area (Å²) in [5.41, 5.74) is 2.42. The third kappa shape index (κ3) is 2.93. The maximum absolute atomic E-state index is 11.9. The maximum Gasteiger partial charge on any atom is 0.344 e. The van der Waals surface area contributed by atoms with Crippen LogP contribution >= 0.6 is 23.4 Å². The van der Waals surface area contributed by atoms with Gasteiger partial charge in [0.15, 0.2) is 5.17 Å². The molecule has 6 heteroatoms. The van der Waals surface area contributed by atoms with E-state index in [0.717, 1.165) is 22.0 Å². The number of nitrogens with zero attached hydrogens (tertiary/aromatic N) is 2. The second kappa shape index (κ2) is 6.98. The van der Waals surface area contributed by atoms with Crippen LogP contribution in [0.1, 0.15) is 37.9 Å². The lowest BCUT2D eigenvalue weighted by Crippen LogP contribution is -2.36. The fourth-order valence-corrected chi connectivity index (χ4v) is 5.43. The molecule has 144 valence electrons. The first-order chi connectivity index (χ1) is 13.3. The van der Waals surface area contributed by atoms with E-state index in [2.05, 4.69) is 24.0 Å². The molecule has 28 heavy (non-hydrogen) atoms. The van der Waals surface area contributed by atoms with Gasteiger partial charge in [0.05, 0.1) is 6.04 Å². The number of carboxylic acids is 1. The van der Waals surface area contributed by atoms with Crippen LogP contribution in [-0.4, -0.2) is 21.1 Å². The molecule has 4 rings (SSSR count). The van der Waals surface area contributed by atoms with Gasteiger partial charge in [0.2, 0.25) is 0 Å². The summed E-state index contributed by atoms with van der Waals surface area (Å²) in [5, 5.41) is 11.2. The number of aliphatic carboxylic acids is 1. The summed E-state index contributed by atoms with van der Waals surface area (Å²) >= 11 is 7.36. The zero-order valence-corrected chi connectivity index (χ0v) is 17.5. The number of carboxylic acid groups (broad SMARTS) is 1. The molecule has 4 nitrogen and oxygen atoms in total. The molecule has 0 bridgehead atoms. The second-order valence-electron chi connectivity index (χ2n) is 7.51. The topological polar surface area (TPSA) is 52.9 Å². The van der Waals surface area contributed by atoms with Gasteiger partial charge in [0.1, 0.15) is 10.4 Å². The van der Waals surface area contributed by atoms with Crippen LogP contribution in [0.3, 0.4) is 0 Å². The summed E-state index contributed by atoms with van der Waals surface area (Å²) < 4.78 is 0. The molecule has 0 radical (unpaired) electrons. The number of hydrogen-bond donors (Lipinski definition) is 1. The Morgan fingerprint density at radius 3 is 2.39 bits per heavy atom. The fraction of sp³-hybridized carbons (Fsp3) is 0.273. The summed E-state index contributed by atoms with van der Waals surface area (Å²) in [4.78, 5) is 19.4. The summed E-state index contributed by atoms with van der Waals surface area (Å²) in [6.45, 7) is 6.17. The van der Waals surface area contributed by atoms with Gasteiger partial charge in [-0.3, -0.25) is 0 Å². The van der Waals surface area contributed by atoms with Gasteiger partial charge in [-0.2, -0.15) is 0 Å². The minimum atomic E-state index is -0.897. The van der Waals surface area contributed by atoms with E-state index in [4.69, 9.17) is 16.6 Å². The predicted octanol–water partition coefficient (Wildman–Crippen LogP) is 5.67. The van der Waals surface area contributed by atoms with E-state index in [1.807, 2.05) is 56.3 Å². The Labute approximate surface area is 173 Å². The lowest BCUT2D eigenvalue weighted by atomic mass is 9.81. The fourth-order valence-electron chi connectivity index (χ4n) is 4.05. The summed E-state index contributed by atoms with van der Waals surface area (Å²) in [6, 6.07) is 17.8. The van der Waals surface area contributed by atoms with Crippen LogP contribution in [0.4, 0.5) is 0 Å². The van der Waals surface area contributed by atoms with Crippen molar-refractivity contribution in [3.05, 3.63) is 81.3 Å². The third-order valence-electron chi connectivity index (χ3n) is 5.30. The smallest absolute Gasteiger partial charge is 0.344 e. The number of hydrogen-bond acceptors (Lipinski definition) is 4. The summed E-state index contributed by atoms with van der Waals surface area (Å²) in [6.07, 6.45) is 0. The number of allylic oxidation sites excluding steroid dienone is 1. The molecule has 0 saturated carbocycles. The highest BCUT2D eigenvalue weighted by molar-refractivity contribution is 8.18. The average molecular weight is 413 g/mol. The number of fused-ring (bicyclic) bond motifs is 1. The van der Waals surface area contributed by atoms with E-state index in [1.165, 1.54) is 11.8 Å². The van der Waals surface area contributed by atoms with Gasteiger partial charge in [0.25, 0.3) is 0 Å². The molecule has 1 N–H and O–H groups in total. The molecule has 2 aromatic rings. The van der Waals surface area contributed by atoms with E-state index in [9.17, 15) is 9.90 Å². The minimum Gasteiger partial charge on any atom is -0.477 e. The number of benzene rings is 2. The first kappa shape index (κ1) is 19.1. The van der Waals surface area contributed by atoms with Crippen LogP contribution in [-0.2, 0) is 10.3 Å². The Morgan fingerprint density at radius 2 is 1.82 bits per heavy atom. The van der Waals surface area contributed by atoms with Gasteiger partial charge >= 0.3 is 5.97 Å². The van der Waals surface area contributed by atoms with Crippen LogP contribution in [0, 0.1) is 5.92 Å². The first-order valence-electron chi connectivity index (χ1n) is 9.18. The van der Waals surface area contributed by atoms with Gasteiger partial charge in [-0.05, 0) is 47.9 Å². The first-order valence-corrected chi connectivity index (χ1v) is 10.4. The van der Waals surface area contributed by atoms with Gasteiger partial charge in [-0.1, -0.05) is 67.9 Å². The molecule has 0 aliphatic carbocycles. The van der Waals surface area contributed by atoms with Gasteiger partial charge < -0.3 is 10.0 Å². The van der Waals surface area contributed by atoms with E-state index in [1.54, 1.807) is 0 Å². The van der Waals surface area contributed by atoms with Gasteiger partial charge in [-0.25, -0.2) is 9.79 Å². The van der Waals surface area contributed by atoms with E-state index >= 15 is 0 Å². The Bertz CT molecular complexity index is 985. The highest BCUT2D eigenvalue weighted by Gasteiger charge is 2.53. The van der Waals surface area contributed by atoms with Gasteiger partial charge in [-0.15, -0.1) is 0 Å². The van der Waals surface area contributed by atoms with Crippen LogP contribution < -0.4 is 0 Å². The number of aliphatic imine (C=N–C) groups is 1. The highest BCUT2D eigenvalue weighted by Crippen LogP contribution is 2.55. The molecule has 0 aromatic heterocycles. The molecule has 0 unspecified atom stereocenters. The van der Waals surface area contributed by atoms with Crippen molar-refractivity contribution in [2.45, 2.75) is 32.4 Å². The maximum atomic E-state index is 11.9. The van der Waals surface area contributed by atoms with Crippen LogP contribution in [0.2, 0.25) is 5.02 Å². The number of carbonyl (C=O) groups is 1. The van der Waals surface area contributed by atoms with Crippen molar-refractivity contribution >= 4 is 34.5 Å². The number of amidine groups is 1.